The van der Waals surface area contributed by atoms with Crippen LogP contribution >= 0.6 is 0 Å². The summed E-state index contributed by atoms with van der Waals surface area (Å²) in [7, 11) is 0. The standard InChI is InChI=1S/C23H24N2O3/c1-2-15-9-11-16(12-10-15)21(26)19-20(17-6-5-13-24-14-17)25(23(28)22(19)27)18-7-3-4-8-18/h5-6,9-14,18,20,26H,2-4,7-8H2,1H3/b21-19-. The monoisotopic (exact) mass is 376 g/mol. The maximum Gasteiger partial charge on any atom is 0.295 e. The molecular formula is C23H24N2O3. The van der Waals surface area contributed by atoms with E-state index in [1.54, 1.807) is 35.5 Å². The van der Waals surface area contributed by atoms with Crippen LogP contribution in [0.15, 0.2) is 54.4 Å². The normalized spacial score (nSPS) is 22.2. The highest BCUT2D eigenvalue weighted by atomic mass is 16.3. The third-order valence-corrected chi connectivity index (χ3v) is 5.83. The lowest BCUT2D eigenvalue weighted by Gasteiger charge is -2.30. The largest absolute Gasteiger partial charge is 0.507 e. The molecule has 2 aromatic rings. The van der Waals surface area contributed by atoms with E-state index < -0.39 is 17.7 Å². The Balaban J connectivity index is 1.85. The highest BCUT2D eigenvalue weighted by molar-refractivity contribution is 6.46. The van der Waals surface area contributed by atoms with Crippen molar-refractivity contribution in [2.45, 2.75) is 51.1 Å². The Kier molecular flexibility index (Phi) is 4.99. The van der Waals surface area contributed by atoms with Crippen molar-refractivity contribution in [2.24, 2.45) is 0 Å². The first-order valence-corrected chi connectivity index (χ1v) is 9.91. The van der Waals surface area contributed by atoms with Crippen LogP contribution < -0.4 is 0 Å². The van der Waals surface area contributed by atoms with Gasteiger partial charge in [0.05, 0.1) is 11.6 Å². The Morgan fingerprint density at radius 3 is 2.46 bits per heavy atom. The topological polar surface area (TPSA) is 70.5 Å². The second kappa shape index (κ2) is 7.58. The summed E-state index contributed by atoms with van der Waals surface area (Å²) in [6.45, 7) is 2.06. The zero-order valence-corrected chi connectivity index (χ0v) is 16.0. The zero-order chi connectivity index (χ0) is 19.7. The molecule has 0 bridgehead atoms. The van der Waals surface area contributed by atoms with E-state index in [-0.39, 0.29) is 17.4 Å². The SMILES string of the molecule is CCc1ccc(/C(O)=C2/C(=O)C(=O)N(C3CCCC3)C2c2cccnc2)cc1. The summed E-state index contributed by atoms with van der Waals surface area (Å²) in [4.78, 5) is 31.8. The molecule has 5 nitrogen and oxygen atoms in total. The first-order valence-electron chi connectivity index (χ1n) is 9.91. The molecule has 4 rings (SSSR count). The van der Waals surface area contributed by atoms with Crippen molar-refractivity contribution in [3.05, 3.63) is 71.1 Å². The summed E-state index contributed by atoms with van der Waals surface area (Å²) < 4.78 is 0. The van der Waals surface area contributed by atoms with Crippen LogP contribution in [-0.2, 0) is 16.0 Å². The Morgan fingerprint density at radius 1 is 1.14 bits per heavy atom. The van der Waals surface area contributed by atoms with E-state index >= 15 is 0 Å². The van der Waals surface area contributed by atoms with Gasteiger partial charge in [-0.05, 0) is 36.5 Å². The van der Waals surface area contributed by atoms with E-state index in [1.807, 2.05) is 18.2 Å². The number of hydrogen-bond donors (Lipinski definition) is 1. The van der Waals surface area contributed by atoms with Crippen molar-refractivity contribution in [3.8, 4) is 0 Å². The predicted molar refractivity (Wildman–Crippen MR) is 106 cm³/mol. The summed E-state index contributed by atoms with van der Waals surface area (Å²) >= 11 is 0. The number of carbonyl (C=O) groups excluding carboxylic acids is 2. The lowest BCUT2D eigenvalue weighted by atomic mass is 9.95. The zero-order valence-electron chi connectivity index (χ0n) is 16.0. The van der Waals surface area contributed by atoms with Gasteiger partial charge >= 0.3 is 0 Å². The molecule has 2 aliphatic rings. The maximum absolute atomic E-state index is 13.0. The molecular weight excluding hydrogens is 352 g/mol. The molecule has 1 amide bonds. The third kappa shape index (κ3) is 3.11. The summed E-state index contributed by atoms with van der Waals surface area (Å²) in [6.07, 6.45) is 8.09. The van der Waals surface area contributed by atoms with Crippen molar-refractivity contribution in [2.75, 3.05) is 0 Å². The molecule has 1 N–H and O–H groups in total. The van der Waals surface area contributed by atoms with Crippen molar-refractivity contribution in [1.29, 1.82) is 0 Å². The molecule has 1 aromatic carbocycles. The molecule has 1 saturated carbocycles. The number of pyridine rings is 1. The molecule has 1 saturated heterocycles. The van der Waals surface area contributed by atoms with Gasteiger partial charge in [0.25, 0.3) is 11.7 Å². The van der Waals surface area contributed by atoms with Gasteiger partial charge in [-0.25, -0.2) is 0 Å². The van der Waals surface area contributed by atoms with Crippen molar-refractivity contribution >= 4 is 17.4 Å². The number of aryl methyl sites for hydroxylation is 1. The fourth-order valence-electron chi connectivity index (χ4n) is 4.33. The van der Waals surface area contributed by atoms with Gasteiger partial charge in [0, 0.05) is 24.0 Å². The Labute approximate surface area is 164 Å². The number of Topliss-reactive ketones (excluding diaryl/α,β-unsaturated/α-hetero) is 1. The van der Waals surface area contributed by atoms with Crippen LogP contribution in [0.25, 0.3) is 5.76 Å². The van der Waals surface area contributed by atoms with Gasteiger partial charge in [0.2, 0.25) is 0 Å². The molecule has 1 unspecified atom stereocenters. The third-order valence-electron chi connectivity index (χ3n) is 5.83. The minimum Gasteiger partial charge on any atom is -0.507 e. The summed E-state index contributed by atoms with van der Waals surface area (Å²) in [5.74, 6) is -1.25. The Morgan fingerprint density at radius 2 is 1.86 bits per heavy atom. The number of rotatable bonds is 4. The van der Waals surface area contributed by atoms with Crippen molar-refractivity contribution in [3.63, 3.8) is 0 Å². The molecule has 5 heteroatoms. The average Bonchev–Trinajstić information content (AvgIpc) is 3.35. The number of ketones is 1. The van der Waals surface area contributed by atoms with Gasteiger partial charge in [0.1, 0.15) is 5.76 Å². The van der Waals surface area contributed by atoms with Gasteiger partial charge in [-0.15, -0.1) is 0 Å². The van der Waals surface area contributed by atoms with E-state index in [4.69, 9.17) is 0 Å². The van der Waals surface area contributed by atoms with Gasteiger partial charge < -0.3 is 10.0 Å². The van der Waals surface area contributed by atoms with E-state index in [1.165, 1.54) is 0 Å². The smallest absolute Gasteiger partial charge is 0.295 e. The molecule has 1 aliphatic heterocycles. The summed E-state index contributed by atoms with van der Waals surface area (Å²) in [5.41, 5.74) is 2.61. The highest BCUT2D eigenvalue weighted by Gasteiger charge is 2.49. The molecule has 144 valence electrons. The number of hydrogen-bond acceptors (Lipinski definition) is 4. The Bertz CT molecular complexity index is 913. The van der Waals surface area contributed by atoms with E-state index in [9.17, 15) is 14.7 Å². The molecule has 2 heterocycles. The number of carbonyl (C=O) groups is 2. The molecule has 28 heavy (non-hydrogen) atoms. The first-order chi connectivity index (χ1) is 13.6. The summed E-state index contributed by atoms with van der Waals surface area (Å²) in [5, 5.41) is 11.0. The van der Waals surface area contributed by atoms with Gasteiger partial charge in [-0.1, -0.05) is 50.1 Å². The molecule has 1 atom stereocenters. The second-order valence-corrected chi connectivity index (χ2v) is 7.48. The van der Waals surface area contributed by atoms with Crippen LogP contribution in [-0.4, -0.2) is 32.7 Å². The molecule has 2 fully saturated rings. The van der Waals surface area contributed by atoms with Crippen LogP contribution in [0.4, 0.5) is 0 Å². The minimum absolute atomic E-state index is 0.0226. The number of likely N-dealkylation sites (tertiary alicyclic amines) is 1. The summed E-state index contributed by atoms with van der Waals surface area (Å²) in [6, 6.07) is 10.5. The van der Waals surface area contributed by atoms with Crippen molar-refractivity contribution < 1.29 is 14.7 Å². The first kappa shape index (κ1) is 18.4. The quantitative estimate of drug-likeness (QED) is 0.497. The molecule has 0 radical (unpaired) electrons. The van der Waals surface area contributed by atoms with Gasteiger partial charge in [-0.2, -0.15) is 0 Å². The second-order valence-electron chi connectivity index (χ2n) is 7.48. The number of aliphatic hydroxyl groups excluding tert-OH is 1. The average molecular weight is 376 g/mol. The number of amides is 1. The lowest BCUT2D eigenvalue weighted by Crippen LogP contribution is -2.37. The number of benzene rings is 1. The Hall–Kier alpha value is -2.95. The van der Waals surface area contributed by atoms with Crippen LogP contribution in [0, 0.1) is 0 Å². The number of nitrogens with zero attached hydrogens (tertiary/aromatic N) is 2. The van der Waals surface area contributed by atoms with E-state index in [0.717, 1.165) is 43.2 Å². The predicted octanol–water partition coefficient (Wildman–Crippen LogP) is 4.01. The van der Waals surface area contributed by atoms with E-state index in [2.05, 4.69) is 11.9 Å². The molecule has 1 aromatic heterocycles. The molecule has 0 spiro atoms. The number of aromatic nitrogens is 1. The van der Waals surface area contributed by atoms with E-state index in [0.29, 0.717) is 5.56 Å². The van der Waals surface area contributed by atoms with Gasteiger partial charge in [-0.3, -0.25) is 14.6 Å². The fraction of sp³-hybridized carbons (Fsp3) is 0.348. The highest BCUT2D eigenvalue weighted by Crippen LogP contribution is 2.43. The van der Waals surface area contributed by atoms with Crippen LogP contribution in [0.3, 0.4) is 0 Å². The maximum atomic E-state index is 13.0. The molecule has 1 aliphatic carbocycles. The van der Waals surface area contributed by atoms with Crippen LogP contribution in [0.2, 0.25) is 0 Å². The fourth-order valence-corrected chi connectivity index (χ4v) is 4.33. The number of aliphatic hydroxyl groups is 1. The van der Waals surface area contributed by atoms with Crippen LogP contribution in [0.1, 0.15) is 55.3 Å². The van der Waals surface area contributed by atoms with Gasteiger partial charge in [0.15, 0.2) is 0 Å². The van der Waals surface area contributed by atoms with Crippen LogP contribution in [0.5, 0.6) is 0 Å². The lowest BCUT2D eigenvalue weighted by molar-refractivity contribution is -0.141. The van der Waals surface area contributed by atoms with Crippen molar-refractivity contribution in [1.82, 2.24) is 9.88 Å². The minimum atomic E-state index is -0.613.